The molecule has 0 heterocycles. The first kappa shape index (κ1) is 10.8. The lowest BCUT2D eigenvalue weighted by molar-refractivity contribution is -0.140. The second-order valence-electron chi connectivity index (χ2n) is 6.34. The maximum absolute atomic E-state index is 12.1. The Morgan fingerprint density at radius 1 is 1.27 bits per heavy atom. The fourth-order valence-electron chi connectivity index (χ4n) is 2.60. The summed E-state index contributed by atoms with van der Waals surface area (Å²) < 4.78 is 0. The van der Waals surface area contributed by atoms with Gasteiger partial charge in [-0.1, -0.05) is 20.8 Å². The van der Waals surface area contributed by atoms with Gasteiger partial charge in [-0.15, -0.1) is 0 Å². The first-order valence-corrected chi connectivity index (χ1v) is 5.91. The number of hydrogen-bond donors (Lipinski definition) is 0. The van der Waals surface area contributed by atoms with Gasteiger partial charge in [-0.2, -0.15) is 0 Å². The van der Waals surface area contributed by atoms with Gasteiger partial charge >= 0.3 is 0 Å². The third-order valence-electron chi connectivity index (χ3n) is 3.94. The summed E-state index contributed by atoms with van der Waals surface area (Å²) in [6, 6.07) is 0. The average Bonchev–Trinajstić information content (AvgIpc) is 2.88. The van der Waals surface area contributed by atoms with Crippen molar-refractivity contribution in [3.05, 3.63) is 0 Å². The molecule has 2 fully saturated rings. The summed E-state index contributed by atoms with van der Waals surface area (Å²) in [5.74, 6) is 0.0483. The van der Waals surface area contributed by atoms with Gasteiger partial charge in [0.05, 0.1) is 5.92 Å². The summed E-state index contributed by atoms with van der Waals surface area (Å²) >= 11 is 0. The highest BCUT2D eigenvalue weighted by molar-refractivity contribution is 6.05. The van der Waals surface area contributed by atoms with E-state index in [2.05, 4.69) is 0 Å². The largest absolute Gasteiger partial charge is 0.299 e. The van der Waals surface area contributed by atoms with Gasteiger partial charge < -0.3 is 0 Å². The Bertz CT molecular complexity index is 305. The molecule has 2 nitrogen and oxygen atoms in total. The molecule has 84 valence electrons. The Balaban J connectivity index is 2.13. The monoisotopic (exact) mass is 208 g/mol. The molecule has 0 aromatic carbocycles. The molecular formula is C13H20O2. The Morgan fingerprint density at radius 3 is 2.33 bits per heavy atom. The lowest BCUT2D eigenvalue weighted by Gasteiger charge is -2.31. The number of rotatable bonds is 1. The Morgan fingerprint density at radius 2 is 1.87 bits per heavy atom. The molecule has 2 heteroatoms. The predicted molar refractivity (Wildman–Crippen MR) is 58.5 cm³/mol. The second-order valence-corrected chi connectivity index (χ2v) is 6.34. The van der Waals surface area contributed by atoms with Crippen molar-refractivity contribution in [3.63, 3.8) is 0 Å². The van der Waals surface area contributed by atoms with E-state index in [-0.39, 0.29) is 22.9 Å². The van der Waals surface area contributed by atoms with Gasteiger partial charge in [0.25, 0.3) is 0 Å². The molecule has 0 aliphatic heterocycles. The summed E-state index contributed by atoms with van der Waals surface area (Å²) in [6.45, 7) is 5.74. The van der Waals surface area contributed by atoms with Crippen LogP contribution in [0.3, 0.4) is 0 Å². The maximum Gasteiger partial charge on any atom is 0.148 e. The molecular weight excluding hydrogens is 188 g/mol. The van der Waals surface area contributed by atoms with Crippen LogP contribution in [0.5, 0.6) is 0 Å². The van der Waals surface area contributed by atoms with Gasteiger partial charge in [0.15, 0.2) is 0 Å². The third-order valence-corrected chi connectivity index (χ3v) is 3.94. The van der Waals surface area contributed by atoms with E-state index in [1.54, 1.807) is 0 Å². The summed E-state index contributed by atoms with van der Waals surface area (Å²) in [4.78, 5) is 23.9. The normalized spacial score (nSPS) is 29.3. The molecule has 1 unspecified atom stereocenters. The molecule has 1 spiro atoms. The minimum atomic E-state index is -0.367. The van der Waals surface area contributed by atoms with Gasteiger partial charge in [-0.25, -0.2) is 0 Å². The summed E-state index contributed by atoms with van der Waals surface area (Å²) in [5.41, 5.74) is 0.0211. The number of Topliss-reactive ketones (excluding diaryl/α,β-unsaturated/α-hetero) is 2. The molecule has 0 radical (unpaired) electrons. The number of hydrogen-bond acceptors (Lipinski definition) is 2. The van der Waals surface area contributed by atoms with Crippen LogP contribution in [0.1, 0.15) is 52.9 Å². The highest BCUT2D eigenvalue weighted by Crippen LogP contribution is 2.57. The Labute approximate surface area is 91.4 Å². The molecule has 0 N–H and O–H groups in total. The van der Waals surface area contributed by atoms with Crippen molar-refractivity contribution in [2.24, 2.45) is 16.7 Å². The molecule has 0 amide bonds. The van der Waals surface area contributed by atoms with E-state index in [0.29, 0.717) is 11.8 Å². The minimum Gasteiger partial charge on any atom is -0.299 e. The van der Waals surface area contributed by atoms with Gasteiger partial charge in [0, 0.05) is 11.8 Å². The van der Waals surface area contributed by atoms with E-state index in [1.807, 2.05) is 20.8 Å². The molecule has 2 saturated carbocycles. The van der Waals surface area contributed by atoms with Crippen molar-refractivity contribution in [1.29, 1.82) is 0 Å². The molecule has 1 atom stereocenters. The van der Waals surface area contributed by atoms with Crippen molar-refractivity contribution in [3.8, 4) is 0 Å². The molecule has 0 aromatic rings. The Hall–Kier alpha value is -0.660. The average molecular weight is 208 g/mol. The summed E-state index contributed by atoms with van der Waals surface area (Å²) in [6.07, 6.45) is 4.95. The van der Waals surface area contributed by atoms with E-state index in [4.69, 9.17) is 0 Å². The quantitative estimate of drug-likeness (QED) is 0.621. The van der Waals surface area contributed by atoms with Gasteiger partial charge in [-0.3, -0.25) is 9.59 Å². The fourth-order valence-corrected chi connectivity index (χ4v) is 2.60. The maximum atomic E-state index is 12.1. The van der Waals surface area contributed by atoms with Gasteiger partial charge in [-0.05, 0) is 31.1 Å². The zero-order chi connectivity index (χ0) is 11.3. The van der Waals surface area contributed by atoms with Crippen LogP contribution in [0.15, 0.2) is 0 Å². The lowest BCUT2D eigenvalue weighted by atomic mass is 9.71. The Kier molecular flexibility index (Phi) is 2.29. The minimum absolute atomic E-state index is 0.151. The molecule has 0 aromatic heterocycles. The van der Waals surface area contributed by atoms with Crippen LogP contribution >= 0.6 is 0 Å². The summed E-state index contributed by atoms with van der Waals surface area (Å²) in [7, 11) is 0. The van der Waals surface area contributed by atoms with E-state index in [0.717, 1.165) is 12.8 Å². The van der Waals surface area contributed by atoms with E-state index in [1.165, 1.54) is 12.8 Å². The molecule has 2 aliphatic carbocycles. The summed E-state index contributed by atoms with van der Waals surface area (Å²) in [5, 5.41) is 0. The predicted octanol–water partition coefficient (Wildman–Crippen LogP) is 2.75. The standard InChI is InChI=1S/C13H20O2/c1-12(2,3)11(15)9-8-13(6-7-13)5-4-10(9)14/h9H,4-8H2,1-3H3. The molecule has 0 saturated heterocycles. The van der Waals surface area contributed by atoms with E-state index in [9.17, 15) is 9.59 Å². The van der Waals surface area contributed by atoms with Crippen molar-refractivity contribution in [2.75, 3.05) is 0 Å². The second kappa shape index (κ2) is 3.16. The van der Waals surface area contributed by atoms with E-state index < -0.39 is 0 Å². The highest BCUT2D eigenvalue weighted by Gasteiger charge is 2.51. The van der Waals surface area contributed by atoms with Crippen LogP contribution in [-0.4, -0.2) is 11.6 Å². The molecule has 2 rings (SSSR count). The zero-order valence-corrected chi connectivity index (χ0v) is 9.93. The van der Waals surface area contributed by atoms with Crippen molar-refractivity contribution >= 4 is 11.6 Å². The number of ketones is 2. The molecule has 0 bridgehead atoms. The highest BCUT2D eigenvalue weighted by atomic mass is 16.2. The van der Waals surface area contributed by atoms with Crippen LogP contribution in [0, 0.1) is 16.7 Å². The van der Waals surface area contributed by atoms with Crippen LogP contribution < -0.4 is 0 Å². The van der Waals surface area contributed by atoms with Crippen molar-refractivity contribution < 1.29 is 9.59 Å². The first-order valence-electron chi connectivity index (χ1n) is 5.91. The molecule has 2 aliphatic rings. The van der Waals surface area contributed by atoms with Crippen LogP contribution in [0.25, 0.3) is 0 Å². The SMILES string of the molecule is CC(C)(C)C(=O)C1CC2(CCC1=O)CC2. The van der Waals surface area contributed by atoms with Gasteiger partial charge in [0.1, 0.15) is 11.6 Å². The van der Waals surface area contributed by atoms with Crippen molar-refractivity contribution in [2.45, 2.75) is 52.9 Å². The van der Waals surface area contributed by atoms with Gasteiger partial charge in [0.2, 0.25) is 0 Å². The number of carbonyl (C=O) groups excluding carboxylic acids is 2. The zero-order valence-electron chi connectivity index (χ0n) is 9.93. The smallest absolute Gasteiger partial charge is 0.148 e. The van der Waals surface area contributed by atoms with Crippen molar-refractivity contribution in [1.82, 2.24) is 0 Å². The van der Waals surface area contributed by atoms with Crippen LogP contribution in [0.4, 0.5) is 0 Å². The lowest BCUT2D eigenvalue weighted by Crippen LogP contribution is -2.38. The van der Waals surface area contributed by atoms with Crippen LogP contribution in [0.2, 0.25) is 0 Å². The molecule has 15 heavy (non-hydrogen) atoms. The number of carbonyl (C=O) groups is 2. The fraction of sp³-hybridized carbons (Fsp3) is 0.846. The first-order chi connectivity index (χ1) is 6.84. The topological polar surface area (TPSA) is 34.1 Å². The third kappa shape index (κ3) is 1.99. The van der Waals surface area contributed by atoms with Crippen LogP contribution in [-0.2, 0) is 9.59 Å². The van der Waals surface area contributed by atoms with E-state index >= 15 is 0 Å².